The van der Waals surface area contributed by atoms with Gasteiger partial charge in [0.2, 0.25) is 24.1 Å². The Morgan fingerprint density at radius 1 is 1.29 bits per heavy atom. The summed E-state index contributed by atoms with van der Waals surface area (Å²) in [6, 6.07) is 4.76. The third-order valence-corrected chi connectivity index (χ3v) is 5.08. The molecule has 0 aromatic heterocycles. The topological polar surface area (TPSA) is 145 Å². The summed E-state index contributed by atoms with van der Waals surface area (Å²) in [5.41, 5.74) is 2.33. The molecule has 31 heavy (non-hydrogen) atoms. The van der Waals surface area contributed by atoms with Crippen LogP contribution in [0.15, 0.2) is 18.2 Å². The van der Waals surface area contributed by atoms with Crippen LogP contribution in [0.4, 0.5) is 5.69 Å². The van der Waals surface area contributed by atoms with E-state index in [1.54, 1.807) is 6.07 Å². The van der Waals surface area contributed by atoms with Crippen molar-refractivity contribution in [2.24, 2.45) is 0 Å². The average molecular weight is 432 g/mol. The lowest BCUT2D eigenvalue weighted by Gasteiger charge is -2.31. The fourth-order valence-electron chi connectivity index (χ4n) is 3.35. The van der Waals surface area contributed by atoms with Gasteiger partial charge in [0.1, 0.15) is 6.04 Å². The predicted octanol–water partition coefficient (Wildman–Crippen LogP) is 0.542. The summed E-state index contributed by atoms with van der Waals surface area (Å²) >= 11 is 0. The number of amides is 4. The minimum atomic E-state index is -0.860. The SMILES string of the molecule is Cc1cccc(NCC(=O)NCCCCC(=O)O)c1CN(C=O)C1CCC(=O)NC1=O. The van der Waals surface area contributed by atoms with E-state index in [4.69, 9.17) is 5.11 Å². The second kappa shape index (κ2) is 11.7. The van der Waals surface area contributed by atoms with Crippen LogP contribution >= 0.6 is 0 Å². The fourth-order valence-corrected chi connectivity index (χ4v) is 3.35. The van der Waals surface area contributed by atoms with E-state index in [2.05, 4.69) is 16.0 Å². The predicted molar refractivity (Wildman–Crippen MR) is 112 cm³/mol. The van der Waals surface area contributed by atoms with Crippen LogP contribution in [0.5, 0.6) is 0 Å². The molecule has 2 rings (SSSR count). The molecule has 0 saturated carbocycles. The number of nitrogens with one attached hydrogen (secondary N) is 3. The van der Waals surface area contributed by atoms with Crippen molar-refractivity contribution in [3.8, 4) is 0 Å². The number of hydrogen-bond acceptors (Lipinski definition) is 6. The molecule has 10 nitrogen and oxygen atoms in total. The molecule has 0 bridgehead atoms. The van der Waals surface area contributed by atoms with Gasteiger partial charge < -0.3 is 20.6 Å². The Balaban J connectivity index is 1.95. The molecule has 1 aromatic rings. The second-order valence-corrected chi connectivity index (χ2v) is 7.40. The first kappa shape index (κ1) is 23.8. The molecule has 1 aliphatic rings. The largest absolute Gasteiger partial charge is 0.481 e. The van der Waals surface area contributed by atoms with Crippen LogP contribution in [0.25, 0.3) is 0 Å². The number of carbonyl (C=O) groups is 5. The molecule has 0 spiro atoms. The van der Waals surface area contributed by atoms with Crippen LogP contribution < -0.4 is 16.0 Å². The van der Waals surface area contributed by atoms with Crippen molar-refractivity contribution < 1.29 is 29.1 Å². The van der Waals surface area contributed by atoms with Crippen LogP contribution in [0.3, 0.4) is 0 Å². The third kappa shape index (κ3) is 7.40. The van der Waals surface area contributed by atoms with Gasteiger partial charge in [0.25, 0.3) is 0 Å². The van der Waals surface area contributed by atoms with Gasteiger partial charge in [0.15, 0.2) is 0 Å². The normalized spacial score (nSPS) is 15.7. The number of carboxylic acids is 1. The Morgan fingerprint density at radius 2 is 2.06 bits per heavy atom. The van der Waals surface area contributed by atoms with Crippen molar-refractivity contribution in [2.45, 2.75) is 51.6 Å². The molecule has 168 valence electrons. The Kier molecular flexibility index (Phi) is 8.98. The van der Waals surface area contributed by atoms with Gasteiger partial charge in [0.05, 0.1) is 6.54 Å². The summed E-state index contributed by atoms with van der Waals surface area (Å²) in [7, 11) is 0. The smallest absolute Gasteiger partial charge is 0.303 e. The zero-order valence-corrected chi connectivity index (χ0v) is 17.5. The number of nitrogens with zero attached hydrogens (tertiary/aromatic N) is 1. The Morgan fingerprint density at radius 3 is 2.74 bits per heavy atom. The summed E-state index contributed by atoms with van der Waals surface area (Å²) in [6.07, 6.45) is 2.18. The summed E-state index contributed by atoms with van der Waals surface area (Å²) < 4.78 is 0. The van der Waals surface area contributed by atoms with Gasteiger partial charge in [-0.25, -0.2) is 0 Å². The van der Waals surface area contributed by atoms with Gasteiger partial charge in [0, 0.05) is 31.6 Å². The van der Waals surface area contributed by atoms with Crippen LogP contribution in [-0.4, -0.2) is 59.2 Å². The second-order valence-electron chi connectivity index (χ2n) is 7.40. The number of unbranched alkanes of at least 4 members (excludes halogenated alkanes) is 1. The summed E-state index contributed by atoms with van der Waals surface area (Å²) in [6.45, 7) is 2.43. The summed E-state index contributed by atoms with van der Waals surface area (Å²) in [5, 5.41) is 16.7. The molecule has 1 unspecified atom stereocenters. The van der Waals surface area contributed by atoms with Crippen LogP contribution in [-0.2, 0) is 30.5 Å². The van der Waals surface area contributed by atoms with E-state index >= 15 is 0 Å². The van der Waals surface area contributed by atoms with Crippen molar-refractivity contribution in [3.05, 3.63) is 29.3 Å². The molecule has 1 saturated heterocycles. The highest BCUT2D eigenvalue weighted by molar-refractivity contribution is 6.00. The van der Waals surface area contributed by atoms with E-state index in [9.17, 15) is 24.0 Å². The number of rotatable bonds is 12. The van der Waals surface area contributed by atoms with Gasteiger partial charge >= 0.3 is 5.97 Å². The van der Waals surface area contributed by atoms with Gasteiger partial charge in [-0.2, -0.15) is 0 Å². The number of anilines is 1. The maximum absolute atomic E-state index is 12.1. The van der Waals surface area contributed by atoms with Crippen molar-refractivity contribution in [3.63, 3.8) is 0 Å². The lowest BCUT2D eigenvalue weighted by molar-refractivity contribution is -0.141. The lowest BCUT2D eigenvalue weighted by Crippen LogP contribution is -2.51. The first-order valence-corrected chi connectivity index (χ1v) is 10.2. The number of aryl methyl sites for hydroxylation is 1. The zero-order chi connectivity index (χ0) is 22.8. The van der Waals surface area contributed by atoms with Gasteiger partial charge in [-0.15, -0.1) is 0 Å². The molecule has 4 amide bonds. The molecule has 1 fully saturated rings. The number of aliphatic carboxylic acids is 1. The molecule has 1 aromatic carbocycles. The van der Waals surface area contributed by atoms with Crippen LogP contribution in [0.1, 0.15) is 43.2 Å². The van der Waals surface area contributed by atoms with E-state index in [0.717, 1.165) is 11.1 Å². The van der Waals surface area contributed by atoms with E-state index in [-0.39, 0.29) is 44.2 Å². The molecular weight excluding hydrogens is 404 g/mol. The van der Waals surface area contributed by atoms with E-state index < -0.39 is 17.9 Å². The quantitative estimate of drug-likeness (QED) is 0.214. The zero-order valence-electron chi connectivity index (χ0n) is 17.5. The molecule has 10 heteroatoms. The number of benzene rings is 1. The average Bonchev–Trinajstić information content (AvgIpc) is 2.72. The first-order valence-electron chi connectivity index (χ1n) is 10.2. The van der Waals surface area contributed by atoms with Gasteiger partial charge in [-0.05, 0) is 43.4 Å². The molecule has 0 aliphatic carbocycles. The number of carboxylic acid groups (broad SMARTS) is 1. The number of imide groups is 1. The van der Waals surface area contributed by atoms with Crippen molar-refractivity contribution in [1.29, 1.82) is 0 Å². The molecule has 1 heterocycles. The maximum Gasteiger partial charge on any atom is 0.303 e. The monoisotopic (exact) mass is 432 g/mol. The van der Waals surface area contributed by atoms with Crippen LogP contribution in [0.2, 0.25) is 0 Å². The van der Waals surface area contributed by atoms with E-state index in [0.29, 0.717) is 31.5 Å². The van der Waals surface area contributed by atoms with E-state index in [1.807, 2.05) is 19.1 Å². The van der Waals surface area contributed by atoms with Crippen molar-refractivity contribution >= 4 is 35.8 Å². The summed E-state index contributed by atoms with van der Waals surface area (Å²) in [4.78, 5) is 59.1. The van der Waals surface area contributed by atoms with Gasteiger partial charge in [-0.3, -0.25) is 29.3 Å². The standard InChI is InChI=1S/C21H28N4O6/c1-14-5-4-6-16(23-11-19(28)22-10-3-2-7-20(29)30)15(14)12-25(13-26)17-8-9-18(27)24-21(17)31/h4-6,13,17,23H,2-3,7-12H2,1H3,(H,22,28)(H,29,30)(H,24,27,31). The van der Waals surface area contributed by atoms with Crippen LogP contribution in [0, 0.1) is 6.92 Å². The third-order valence-electron chi connectivity index (χ3n) is 5.08. The molecule has 4 N–H and O–H groups in total. The minimum absolute atomic E-state index is 0.00882. The molecule has 1 atom stereocenters. The highest BCUT2D eigenvalue weighted by Gasteiger charge is 2.31. The molecular formula is C21H28N4O6. The Hall–Kier alpha value is -3.43. The minimum Gasteiger partial charge on any atom is -0.481 e. The Labute approximate surface area is 180 Å². The first-order chi connectivity index (χ1) is 14.8. The highest BCUT2D eigenvalue weighted by atomic mass is 16.4. The van der Waals surface area contributed by atoms with Crippen molar-refractivity contribution in [2.75, 3.05) is 18.4 Å². The van der Waals surface area contributed by atoms with Crippen molar-refractivity contribution in [1.82, 2.24) is 15.5 Å². The molecule has 0 radical (unpaired) electrons. The number of carbonyl (C=O) groups excluding carboxylic acids is 4. The number of piperidine rings is 1. The van der Waals surface area contributed by atoms with E-state index in [1.165, 1.54) is 4.90 Å². The number of hydrogen-bond donors (Lipinski definition) is 4. The van der Waals surface area contributed by atoms with Gasteiger partial charge in [-0.1, -0.05) is 12.1 Å². The fraction of sp³-hybridized carbons (Fsp3) is 0.476. The Bertz CT molecular complexity index is 841. The maximum atomic E-state index is 12.1. The molecule has 1 aliphatic heterocycles. The lowest BCUT2D eigenvalue weighted by atomic mass is 10.0. The highest BCUT2D eigenvalue weighted by Crippen LogP contribution is 2.23. The summed E-state index contributed by atoms with van der Waals surface area (Å²) in [5.74, 6) is -1.94.